The van der Waals surface area contributed by atoms with Gasteiger partial charge in [0.1, 0.15) is 0 Å². The second-order valence-electron chi connectivity index (χ2n) is 4.89. The number of nitrogens with zero attached hydrogens (tertiary/aromatic N) is 5. The first kappa shape index (κ1) is 13.3. The van der Waals surface area contributed by atoms with Crippen molar-refractivity contribution in [1.29, 1.82) is 0 Å². The Morgan fingerprint density at radius 3 is 2.86 bits per heavy atom. The summed E-state index contributed by atoms with van der Waals surface area (Å²) in [6.45, 7) is 0.515. The smallest absolute Gasteiger partial charge is 0.303 e. The van der Waals surface area contributed by atoms with Gasteiger partial charge < -0.3 is 9.67 Å². The van der Waals surface area contributed by atoms with Gasteiger partial charge in [0, 0.05) is 23.5 Å². The summed E-state index contributed by atoms with van der Waals surface area (Å²) in [5.41, 5.74) is 2.07. The number of tetrazole rings is 1. The van der Waals surface area contributed by atoms with E-state index in [-0.39, 0.29) is 6.42 Å². The van der Waals surface area contributed by atoms with Crippen molar-refractivity contribution in [1.82, 2.24) is 24.8 Å². The first-order valence-corrected chi connectivity index (χ1v) is 6.65. The molecule has 0 amide bonds. The Morgan fingerprint density at radius 2 is 2.14 bits per heavy atom. The van der Waals surface area contributed by atoms with Crippen molar-refractivity contribution in [2.45, 2.75) is 19.4 Å². The van der Waals surface area contributed by atoms with Crippen LogP contribution in [0.5, 0.6) is 0 Å². The maximum Gasteiger partial charge on any atom is 0.303 e. The number of fused-ring (bicyclic) bond motifs is 1. The van der Waals surface area contributed by atoms with Gasteiger partial charge >= 0.3 is 5.97 Å². The molecule has 0 fully saturated rings. The number of aromatic nitrogens is 5. The Kier molecular flexibility index (Phi) is 3.39. The van der Waals surface area contributed by atoms with E-state index >= 15 is 0 Å². The molecule has 7 heteroatoms. The number of carbonyl (C=O) groups is 1. The van der Waals surface area contributed by atoms with Gasteiger partial charge in [-0.25, -0.2) is 0 Å². The zero-order valence-electron chi connectivity index (χ0n) is 11.6. The molecule has 0 atom stereocenters. The molecule has 0 bridgehead atoms. The molecule has 1 N–H and O–H groups in total. The van der Waals surface area contributed by atoms with E-state index in [1.54, 1.807) is 7.05 Å². The molecule has 0 unspecified atom stereocenters. The summed E-state index contributed by atoms with van der Waals surface area (Å²) in [5.74, 6) is -0.162. The molecule has 0 spiro atoms. The van der Waals surface area contributed by atoms with Crippen LogP contribution < -0.4 is 0 Å². The standard InChI is InChI=1S/C14H15N5O2/c1-18-16-13(15-17-18)9-19-8-10(6-7-14(20)21)11-4-2-3-5-12(11)19/h2-5,8H,6-7,9H2,1H3,(H,20,21). The molecule has 0 aliphatic rings. The quantitative estimate of drug-likeness (QED) is 0.762. The van der Waals surface area contributed by atoms with Gasteiger partial charge in [-0.3, -0.25) is 4.79 Å². The molecule has 0 radical (unpaired) electrons. The van der Waals surface area contributed by atoms with Gasteiger partial charge in [-0.1, -0.05) is 18.2 Å². The fraction of sp³-hybridized carbons (Fsp3) is 0.286. The van der Waals surface area contributed by atoms with E-state index in [1.165, 1.54) is 4.80 Å². The van der Waals surface area contributed by atoms with Crippen molar-refractivity contribution in [2.24, 2.45) is 7.05 Å². The largest absolute Gasteiger partial charge is 0.481 e. The van der Waals surface area contributed by atoms with Gasteiger partial charge in [0.2, 0.25) is 0 Å². The van der Waals surface area contributed by atoms with Crippen LogP contribution in [0.2, 0.25) is 0 Å². The summed E-state index contributed by atoms with van der Waals surface area (Å²) in [6, 6.07) is 7.94. The highest BCUT2D eigenvalue weighted by Gasteiger charge is 2.11. The minimum atomic E-state index is -0.789. The van der Waals surface area contributed by atoms with Crippen LogP contribution in [-0.4, -0.2) is 35.9 Å². The van der Waals surface area contributed by atoms with Crippen LogP contribution in [0, 0.1) is 0 Å². The van der Waals surface area contributed by atoms with Crippen LogP contribution in [-0.2, 0) is 24.8 Å². The lowest BCUT2D eigenvalue weighted by Gasteiger charge is -2.00. The second kappa shape index (κ2) is 5.35. The zero-order valence-corrected chi connectivity index (χ0v) is 11.6. The molecule has 0 aliphatic carbocycles. The molecular formula is C14H15N5O2. The number of para-hydroxylation sites is 1. The van der Waals surface area contributed by atoms with E-state index in [1.807, 2.05) is 35.0 Å². The number of benzene rings is 1. The molecule has 7 nitrogen and oxygen atoms in total. The van der Waals surface area contributed by atoms with Gasteiger partial charge in [0.05, 0.1) is 13.6 Å². The third kappa shape index (κ3) is 2.76. The third-order valence-electron chi connectivity index (χ3n) is 3.34. The summed E-state index contributed by atoms with van der Waals surface area (Å²) < 4.78 is 2.03. The predicted octanol–water partition coefficient (Wildman–Crippen LogP) is 1.23. The van der Waals surface area contributed by atoms with Crippen molar-refractivity contribution in [3.8, 4) is 0 Å². The summed E-state index contributed by atoms with van der Waals surface area (Å²) in [4.78, 5) is 12.2. The van der Waals surface area contributed by atoms with Crippen LogP contribution in [0.15, 0.2) is 30.5 Å². The molecule has 0 aliphatic heterocycles. The molecule has 1 aromatic carbocycles. The van der Waals surface area contributed by atoms with Crippen LogP contribution in [0.25, 0.3) is 10.9 Å². The fourth-order valence-electron chi connectivity index (χ4n) is 2.43. The minimum absolute atomic E-state index is 0.122. The minimum Gasteiger partial charge on any atom is -0.481 e. The van der Waals surface area contributed by atoms with E-state index in [2.05, 4.69) is 15.4 Å². The Hall–Kier alpha value is -2.70. The first-order chi connectivity index (χ1) is 10.1. The second-order valence-corrected chi connectivity index (χ2v) is 4.89. The normalized spacial score (nSPS) is 11.1. The number of rotatable bonds is 5. The van der Waals surface area contributed by atoms with E-state index in [9.17, 15) is 4.79 Å². The fourth-order valence-corrected chi connectivity index (χ4v) is 2.43. The first-order valence-electron chi connectivity index (χ1n) is 6.65. The Balaban J connectivity index is 1.96. The van der Waals surface area contributed by atoms with Crippen molar-refractivity contribution in [3.63, 3.8) is 0 Å². The van der Waals surface area contributed by atoms with Crippen molar-refractivity contribution < 1.29 is 9.90 Å². The average molecular weight is 285 g/mol. The van der Waals surface area contributed by atoms with Gasteiger partial charge in [-0.05, 0) is 23.3 Å². The predicted molar refractivity (Wildman–Crippen MR) is 75.8 cm³/mol. The SMILES string of the molecule is Cn1nnc(Cn2cc(CCC(=O)O)c3ccccc32)n1. The molecule has 2 heterocycles. The highest BCUT2D eigenvalue weighted by molar-refractivity contribution is 5.84. The van der Waals surface area contributed by atoms with Crippen molar-refractivity contribution in [3.05, 3.63) is 41.9 Å². The molecule has 3 rings (SSSR count). The van der Waals surface area contributed by atoms with E-state index in [0.29, 0.717) is 18.8 Å². The lowest BCUT2D eigenvalue weighted by atomic mass is 10.1. The topological polar surface area (TPSA) is 85.8 Å². The molecule has 0 saturated carbocycles. The summed E-state index contributed by atoms with van der Waals surface area (Å²) in [5, 5.41) is 21.9. The summed E-state index contributed by atoms with van der Waals surface area (Å²) in [6.07, 6.45) is 2.61. The highest BCUT2D eigenvalue weighted by Crippen LogP contribution is 2.23. The average Bonchev–Trinajstić information content (AvgIpc) is 3.02. The van der Waals surface area contributed by atoms with Gasteiger partial charge in [-0.2, -0.15) is 4.80 Å². The lowest BCUT2D eigenvalue weighted by Crippen LogP contribution is -2.01. The lowest BCUT2D eigenvalue weighted by molar-refractivity contribution is -0.136. The molecule has 3 aromatic rings. The molecule has 2 aromatic heterocycles. The van der Waals surface area contributed by atoms with Crippen LogP contribution in [0.1, 0.15) is 17.8 Å². The van der Waals surface area contributed by atoms with Crippen LogP contribution >= 0.6 is 0 Å². The Morgan fingerprint density at radius 1 is 1.33 bits per heavy atom. The Labute approximate surface area is 120 Å². The van der Waals surface area contributed by atoms with E-state index < -0.39 is 5.97 Å². The summed E-state index contributed by atoms with van der Waals surface area (Å²) >= 11 is 0. The third-order valence-corrected chi connectivity index (χ3v) is 3.34. The molecular weight excluding hydrogens is 270 g/mol. The summed E-state index contributed by atoms with van der Waals surface area (Å²) in [7, 11) is 1.72. The molecule has 21 heavy (non-hydrogen) atoms. The number of aliphatic carboxylic acids is 1. The van der Waals surface area contributed by atoms with Gasteiger partial charge in [0.15, 0.2) is 5.82 Å². The molecule has 108 valence electrons. The molecule has 0 saturated heterocycles. The van der Waals surface area contributed by atoms with E-state index in [0.717, 1.165) is 16.5 Å². The van der Waals surface area contributed by atoms with Crippen molar-refractivity contribution >= 4 is 16.9 Å². The van der Waals surface area contributed by atoms with Gasteiger partial charge in [-0.15, -0.1) is 10.2 Å². The maximum atomic E-state index is 10.8. The number of hydrogen-bond donors (Lipinski definition) is 1. The zero-order chi connectivity index (χ0) is 14.8. The Bertz CT molecular complexity index is 790. The number of carboxylic acid groups (broad SMARTS) is 1. The monoisotopic (exact) mass is 285 g/mol. The van der Waals surface area contributed by atoms with Gasteiger partial charge in [0.25, 0.3) is 0 Å². The van der Waals surface area contributed by atoms with E-state index in [4.69, 9.17) is 5.11 Å². The number of aryl methyl sites for hydroxylation is 2. The van der Waals surface area contributed by atoms with Crippen molar-refractivity contribution in [2.75, 3.05) is 0 Å². The van der Waals surface area contributed by atoms with Crippen LogP contribution in [0.4, 0.5) is 0 Å². The highest BCUT2D eigenvalue weighted by atomic mass is 16.4. The van der Waals surface area contributed by atoms with Crippen LogP contribution in [0.3, 0.4) is 0 Å². The number of carboxylic acids is 1. The maximum absolute atomic E-state index is 10.8. The number of hydrogen-bond acceptors (Lipinski definition) is 4.